The molecule has 5 nitrogen and oxygen atoms in total. The molecule has 0 fully saturated rings. The van der Waals surface area contributed by atoms with E-state index < -0.39 is 6.10 Å². The van der Waals surface area contributed by atoms with Gasteiger partial charge in [-0.3, -0.25) is 9.59 Å². The minimum atomic E-state index is -0.814. The van der Waals surface area contributed by atoms with E-state index in [1.807, 2.05) is 0 Å². The number of allylic oxidation sites excluding steroid dienone is 32. The molecule has 0 aliphatic rings. The zero-order chi connectivity index (χ0) is 54.8. The summed E-state index contributed by atoms with van der Waals surface area (Å²) in [7, 11) is 0. The van der Waals surface area contributed by atoms with Gasteiger partial charge >= 0.3 is 11.9 Å². The molecule has 76 heavy (non-hydrogen) atoms. The summed E-state index contributed by atoms with van der Waals surface area (Å²) in [6.45, 7) is 3.86. The molecule has 0 aromatic heterocycles. The van der Waals surface area contributed by atoms with Crippen molar-refractivity contribution in [2.24, 2.45) is 0 Å². The van der Waals surface area contributed by atoms with E-state index >= 15 is 0 Å². The van der Waals surface area contributed by atoms with E-state index in [2.05, 4.69) is 208 Å². The summed E-state index contributed by atoms with van der Waals surface area (Å²) in [5.74, 6) is -0.662. The van der Waals surface area contributed by atoms with E-state index in [1.165, 1.54) is 51.4 Å². The highest BCUT2D eigenvalue weighted by Gasteiger charge is 2.16. The van der Waals surface area contributed by atoms with Gasteiger partial charge in [0.25, 0.3) is 0 Å². The van der Waals surface area contributed by atoms with Crippen LogP contribution in [-0.2, 0) is 19.1 Å². The molecular formula is C71H108O5. The van der Waals surface area contributed by atoms with E-state index in [-0.39, 0.29) is 31.6 Å². The molecule has 422 valence electrons. The molecule has 0 rings (SSSR count). The fourth-order valence-electron chi connectivity index (χ4n) is 7.47. The van der Waals surface area contributed by atoms with E-state index in [1.54, 1.807) is 0 Å². The van der Waals surface area contributed by atoms with Gasteiger partial charge in [-0.25, -0.2) is 0 Å². The SMILES string of the molecule is CC/C=C\C/C=C\C/C=C\C/C=C\C/C=C\C/C=C\C/C=C\C/C=C\C/C=C\C/C=C\C/C=C\C/C=C\CCCCC(=O)OC(CO)COC(=O)CCCCCCCCCCCC/C=C\C/C=C\C/C=C\C/C=C\CC. The number of hydrogen-bond donors (Lipinski definition) is 1. The molecule has 0 amide bonds. The number of unbranched alkanes of at least 4 members (excludes halogenated alkanes) is 12. The van der Waals surface area contributed by atoms with Gasteiger partial charge in [0.2, 0.25) is 0 Å². The van der Waals surface area contributed by atoms with Crippen molar-refractivity contribution in [2.75, 3.05) is 13.2 Å². The first-order chi connectivity index (χ1) is 37.6. The molecule has 1 atom stereocenters. The van der Waals surface area contributed by atoms with Crippen LogP contribution >= 0.6 is 0 Å². The predicted molar refractivity (Wildman–Crippen MR) is 333 cm³/mol. The lowest BCUT2D eigenvalue weighted by Crippen LogP contribution is -2.28. The van der Waals surface area contributed by atoms with Crippen molar-refractivity contribution in [3.63, 3.8) is 0 Å². The van der Waals surface area contributed by atoms with Crippen LogP contribution in [0.4, 0.5) is 0 Å². The van der Waals surface area contributed by atoms with Crippen LogP contribution in [0.25, 0.3) is 0 Å². The number of hydrogen-bond acceptors (Lipinski definition) is 5. The Morgan fingerprint density at radius 3 is 0.816 bits per heavy atom. The van der Waals surface area contributed by atoms with Crippen molar-refractivity contribution in [3.8, 4) is 0 Å². The highest BCUT2D eigenvalue weighted by molar-refractivity contribution is 5.70. The molecular weight excluding hydrogens is 933 g/mol. The number of aliphatic hydroxyl groups is 1. The number of carbonyl (C=O) groups is 2. The lowest BCUT2D eigenvalue weighted by atomic mass is 10.1. The first-order valence-corrected chi connectivity index (χ1v) is 30.0. The summed E-state index contributed by atoms with van der Waals surface area (Å²) < 4.78 is 10.7. The molecule has 0 heterocycles. The zero-order valence-electron chi connectivity index (χ0n) is 48.2. The minimum Gasteiger partial charge on any atom is -0.462 e. The predicted octanol–water partition coefficient (Wildman–Crippen LogP) is 20.9. The van der Waals surface area contributed by atoms with Gasteiger partial charge in [-0.05, 0) is 141 Å². The van der Waals surface area contributed by atoms with Crippen LogP contribution in [0.2, 0.25) is 0 Å². The highest BCUT2D eigenvalue weighted by Crippen LogP contribution is 2.13. The smallest absolute Gasteiger partial charge is 0.306 e. The van der Waals surface area contributed by atoms with E-state index in [4.69, 9.17) is 9.47 Å². The molecule has 0 saturated carbocycles. The van der Waals surface area contributed by atoms with Crippen LogP contribution in [0.1, 0.15) is 219 Å². The van der Waals surface area contributed by atoms with Crippen LogP contribution in [0.5, 0.6) is 0 Å². The number of aliphatic hydroxyl groups excluding tert-OH is 1. The fraction of sp³-hybridized carbons (Fsp3) is 0.521. The van der Waals surface area contributed by atoms with Crippen molar-refractivity contribution in [3.05, 3.63) is 194 Å². The normalized spacial score (nSPS) is 13.7. The second kappa shape index (κ2) is 64.0. The molecule has 0 aromatic carbocycles. The van der Waals surface area contributed by atoms with Crippen LogP contribution in [0, 0.1) is 0 Å². The molecule has 5 heteroatoms. The Labute approximate surface area is 467 Å². The quantitative estimate of drug-likeness (QED) is 0.0373. The van der Waals surface area contributed by atoms with Gasteiger partial charge in [0.1, 0.15) is 6.61 Å². The van der Waals surface area contributed by atoms with Crippen molar-refractivity contribution >= 4 is 11.9 Å². The van der Waals surface area contributed by atoms with Gasteiger partial charge in [0.05, 0.1) is 6.61 Å². The van der Waals surface area contributed by atoms with Gasteiger partial charge in [-0.1, -0.05) is 260 Å². The molecule has 0 aliphatic heterocycles. The molecule has 0 saturated heterocycles. The Hall–Kier alpha value is -5.26. The van der Waals surface area contributed by atoms with E-state index in [0.717, 1.165) is 135 Å². The number of esters is 2. The van der Waals surface area contributed by atoms with Crippen molar-refractivity contribution in [2.45, 2.75) is 225 Å². The second-order valence-corrected chi connectivity index (χ2v) is 19.0. The number of ether oxygens (including phenoxy) is 2. The highest BCUT2D eigenvalue weighted by atomic mass is 16.6. The van der Waals surface area contributed by atoms with Crippen LogP contribution < -0.4 is 0 Å². The summed E-state index contributed by atoms with van der Waals surface area (Å²) in [5, 5.41) is 9.66. The average molecular weight is 1040 g/mol. The summed E-state index contributed by atoms with van der Waals surface area (Å²) in [6.07, 6.45) is 103. The first kappa shape index (κ1) is 70.7. The Balaban J connectivity index is 3.70. The van der Waals surface area contributed by atoms with Gasteiger partial charge in [0, 0.05) is 12.8 Å². The third kappa shape index (κ3) is 61.3. The summed E-state index contributed by atoms with van der Waals surface area (Å²) in [6, 6.07) is 0. The first-order valence-electron chi connectivity index (χ1n) is 30.0. The third-order valence-corrected chi connectivity index (χ3v) is 11.9. The fourth-order valence-corrected chi connectivity index (χ4v) is 7.47. The molecule has 0 spiro atoms. The van der Waals surface area contributed by atoms with Crippen molar-refractivity contribution in [1.29, 1.82) is 0 Å². The average Bonchev–Trinajstić information content (AvgIpc) is 3.42. The summed E-state index contributed by atoms with van der Waals surface area (Å²) in [5.41, 5.74) is 0. The maximum atomic E-state index is 12.3. The van der Waals surface area contributed by atoms with Crippen LogP contribution in [0.3, 0.4) is 0 Å². The Bertz CT molecular complexity index is 1800. The molecule has 0 aliphatic carbocycles. The Morgan fingerprint density at radius 2 is 0.526 bits per heavy atom. The largest absolute Gasteiger partial charge is 0.462 e. The Kier molecular flexibility index (Phi) is 59.6. The third-order valence-electron chi connectivity index (χ3n) is 11.9. The standard InChI is InChI=1S/C71H108O5/c1-3-5-7-9-11-13-15-17-19-21-23-25-27-28-29-30-31-32-33-34-35-36-37-38-39-40-41-42-44-46-48-50-52-54-56-58-60-62-64-66-71(74)76-69(67-72)68-75-70(73)65-63-61-59-57-55-53-51-49-47-45-43-26-24-22-20-18-16-14-12-10-8-6-4-2/h5-8,11-14,17-20,23-26,28-29,31-32,34-35,37-38,40-41,44,46,50,52,56,58,69,72H,3-4,9-10,15-16,21-22,27,30,33,36,39,42-43,45,47-49,51,53-55,57,59-68H2,1-2H3/b7-5-,8-6-,13-11-,14-12-,19-17-,20-18-,25-23-,26-24-,29-28-,32-31-,35-34-,38-37-,41-40-,46-44-,52-50-,58-56-. The van der Waals surface area contributed by atoms with Gasteiger partial charge in [0.15, 0.2) is 6.10 Å². The Morgan fingerprint density at radius 1 is 0.303 bits per heavy atom. The van der Waals surface area contributed by atoms with E-state index in [9.17, 15) is 14.7 Å². The topological polar surface area (TPSA) is 72.8 Å². The van der Waals surface area contributed by atoms with Crippen LogP contribution in [0.15, 0.2) is 194 Å². The van der Waals surface area contributed by atoms with Gasteiger partial charge < -0.3 is 14.6 Å². The van der Waals surface area contributed by atoms with Crippen molar-refractivity contribution < 1.29 is 24.2 Å². The van der Waals surface area contributed by atoms with Gasteiger partial charge in [-0.2, -0.15) is 0 Å². The summed E-state index contributed by atoms with van der Waals surface area (Å²) in [4.78, 5) is 24.5. The monoisotopic (exact) mass is 1040 g/mol. The summed E-state index contributed by atoms with van der Waals surface area (Å²) >= 11 is 0. The second-order valence-electron chi connectivity index (χ2n) is 19.0. The molecule has 1 N–H and O–H groups in total. The zero-order valence-corrected chi connectivity index (χ0v) is 48.2. The molecule has 0 radical (unpaired) electrons. The maximum Gasteiger partial charge on any atom is 0.306 e. The number of rotatable bonds is 52. The van der Waals surface area contributed by atoms with Crippen molar-refractivity contribution in [1.82, 2.24) is 0 Å². The minimum absolute atomic E-state index is 0.0990. The molecule has 0 bridgehead atoms. The van der Waals surface area contributed by atoms with Gasteiger partial charge in [-0.15, -0.1) is 0 Å². The van der Waals surface area contributed by atoms with E-state index in [0.29, 0.717) is 12.8 Å². The maximum absolute atomic E-state index is 12.3. The van der Waals surface area contributed by atoms with Crippen LogP contribution in [-0.4, -0.2) is 36.4 Å². The molecule has 0 aromatic rings. The number of carbonyl (C=O) groups excluding carboxylic acids is 2. The lowest BCUT2D eigenvalue weighted by molar-refractivity contribution is -0.161. The molecule has 1 unspecified atom stereocenters. The lowest BCUT2D eigenvalue weighted by Gasteiger charge is -2.15.